The summed E-state index contributed by atoms with van der Waals surface area (Å²) in [4.78, 5) is 4.82. The van der Waals surface area contributed by atoms with Gasteiger partial charge in [0.1, 0.15) is 5.82 Å². The predicted octanol–water partition coefficient (Wildman–Crippen LogP) is 5.30. The first kappa shape index (κ1) is 14.2. The number of nitrogens with one attached hydrogen (secondary N) is 1. The number of anilines is 1. The summed E-state index contributed by atoms with van der Waals surface area (Å²) in [5, 5.41) is 6.93. The molecule has 0 radical (unpaired) electrons. The molecule has 0 saturated heterocycles. The quantitative estimate of drug-likeness (QED) is 0.519. The van der Waals surface area contributed by atoms with E-state index in [0.717, 1.165) is 23.0 Å². The van der Waals surface area contributed by atoms with Gasteiger partial charge in [-0.2, -0.15) is 0 Å². The van der Waals surface area contributed by atoms with Gasteiger partial charge in [-0.1, -0.05) is 60.7 Å². The van der Waals surface area contributed by atoms with Crippen LogP contribution < -0.4 is 5.32 Å². The molecule has 3 aromatic carbocycles. The molecule has 1 N–H and O–H groups in total. The molecule has 0 fully saturated rings. The van der Waals surface area contributed by atoms with E-state index in [-0.39, 0.29) is 0 Å². The summed E-state index contributed by atoms with van der Waals surface area (Å²) in [6.45, 7) is 0. The summed E-state index contributed by atoms with van der Waals surface area (Å²) in [6, 6.07) is 25.5. The van der Waals surface area contributed by atoms with E-state index in [9.17, 15) is 0 Å². The molecule has 1 atom stereocenters. The Balaban J connectivity index is 2.02. The van der Waals surface area contributed by atoms with Gasteiger partial charge in [-0.05, 0) is 28.5 Å². The molecular weight excluding hydrogens is 299 g/mol. The van der Waals surface area contributed by atoms with Gasteiger partial charge >= 0.3 is 0 Å². The van der Waals surface area contributed by atoms with Crippen molar-refractivity contribution >= 4 is 36.7 Å². The highest BCUT2D eigenvalue weighted by Crippen LogP contribution is 2.33. The molecule has 1 unspecified atom stereocenters. The van der Waals surface area contributed by atoms with Crippen LogP contribution in [0.4, 0.5) is 5.82 Å². The zero-order chi connectivity index (χ0) is 15.6. The molecule has 23 heavy (non-hydrogen) atoms. The number of pyridine rings is 1. The molecule has 0 spiro atoms. The van der Waals surface area contributed by atoms with Crippen LogP contribution in [0.3, 0.4) is 0 Å². The largest absolute Gasteiger partial charge is 0.367 e. The topological polar surface area (TPSA) is 24.9 Å². The zero-order valence-electron chi connectivity index (χ0n) is 12.7. The fourth-order valence-electron chi connectivity index (χ4n) is 3.03. The van der Waals surface area contributed by atoms with Gasteiger partial charge in [-0.15, -0.1) is 9.24 Å². The van der Waals surface area contributed by atoms with Gasteiger partial charge in [0.2, 0.25) is 0 Å². The van der Waals surface area contributed by atoms with Crippen molar-refractivity contribution in [3.63, 3.8) is 0 Å². The summed E-state index contributed by atoms with van der Waals surface area (Å²) >= 11 is 0. The number of hydrogen-bond donors (Lipinski definition) is 1. The molecule has 2 nitrogen and oxygen atoms in total. The molecule has 4 aromatic rings. The Morgan fingerprint density at radius 1 is 0.739 bits per heavy atom. The lowest BCUT2D eigenvalue weighted by molar-refractivity contribution is 1.32. The predicted molar refractivity (Wildman–Crippen MR) is 103 cm³/mol. The Hall–Kier alpha value is -2.44. The van der Waals surface area contributed by atoms with Crippen molar-refractivity contribution in [2.75, 3.05) is 11.6 Å². The average Bonchev–Trinajstić information content (AvgIpc) is 2.61. The Bertz CT molecular complexity index is 990. The van der Waals surface area contributed by atoms with Crippen LogP contribution in [0.15, 0.2) is 72.8 Å². The molecule has 0 amide bonds. The third kappa shape index (κ3) is 2.56. The fraction of sp³-hybridized carbons (Fsp3) is 0.0500. The van der Waals surface area contributed by atoms with Crippen LogP contribution in [0.25, 0.3) is 32.8 Å². The minimum atomic E-state index is 0.787. The molecule has 0 aliphatic rings. The fourth-order valence-corrected chi connectivity index (χ4v) is 3.24. The molecule has 0 saturated carbocycles. The summed E-state index contributed by atoms with van der Waals surface area (Å²) < 4.78 is 0. The second-order valence-corrected chi connectivity index (χ2v) is 5.89. The van der Waals surface area contributed by atoms with Crippen molar-refractivity contribution in [2.45, 2.75) is 0 Å². The van der Waals surface area contributed by atoms with Crippen molar-refractivity contribution in [3.05, 3.63) is 72.8 Å². The molecule has 4 rings (SSSR count). The van der Waals surface area contributed by atoms with Crippen molar-refractivity contribution in [3.8, 4) is 11.1 Å². The lowest BCUT2D eigenvalue weighted by Gasteiger charge is -2.11. The highest BCUT2D eigenvalue weighted by atomic mass is 31.0. The van der Waals surface area contributed by atoms with E-state index in [1.165, 1.54) is 21.9 Å². The monoisotopic (exact) mass is 316 g/mol. The molecule has 3 heteroatoms. The number of benzene rings is 3. The average molecular weight is 316 g/mol. The van der Waals surface area contributed by atoms with Crippen LogP contribution in [0, 0.1) is 0 Å². The second-order valence-electron chi connectivity index (χ2n) is 5.48. The Kier molecular flexibility index (Phi) is 3.69. The van der Waals surface area contributed by atoms with Crippen molar-refractivity contribution in [1.82, 2.24) is 4.98 Å². The normalized spacial score (nSPS) is 11.0. The first-order valence-corrected chi connectivity index (χ1v) is 8.50. The van der Waals surface area contributed by atoms with Gasteiger partial charge in [-0.3, -0.25) is 0 Å². The van der Waals surface area contributed by atoms with Crippen LogP contribution in [-0.2, 0) is 0 Å². The van der Waals surface area contributed by atoms with E-state index in [0.29, 0.717) is 0 Å². The van der Waals surface area contributed by atoms with Gasteiger partial charge in [0.05, 0.1) is 5.52 Å². The molecule has 0 bridgehead atoms. The van der Waals surface area contributed by atoms with Gasteiger partial charge in [-0.25, -0.2) is 4.98 Å². The van der Waals surface area contributed by atoms with E-state index in [1.54, 1.807) is 0 Å². The molecule has 0 aliphatic heterocycles. The molecule has 112 valence electrons. The maximum absolute atomic E-state index is 4.82. The highest BCUT2D eigenvalue weighted by Gasteiger charge is 2.09. The van der Waals surface area contributed by atoms with Crippen molar-refractivity contribution in [2.24, 2.45) is 0 Å². The summed E-state index contributed by atoms with van der Waals surface area (Å²) in [5.74, 6) is 0.903. The minimum absolute atomic E-state index is 0.787. The number of nitrogens with zero attached hydrogens (tertiary/aromatic N) is 1. The number of hydrogen-bond acceptors (Lipinski definition) is 2. The lowest BCUT2D eigenvalue weighted by Crippen LogP contribution is -1.97. The maximum atomic E-state index is 4.82. The summed E-state index contributed by atoms with van der Waals surface area (Å²) in [5.41, 5.74) is 3.43. The van der Waals surface area contributed by atoms with E-state index in [2.05, 4.69) is 81.3 Å². The number of rotatable bonds is 3. The SMILES string of the molecule is PCNc1ccc2cccc(-c3cccc4ccccc34)c2n1. The van der Waals surface area contributed by atoms with Crippen LogP contribution in [0.5, 0.6) is 0 Å². The van der Waals surface area contributed by atoms with Crippen LogP contribution in [0.2, 0.25) is 0 Å². The Morgan fingerprint density at radius 3 is 2.35 bits per heavy atom. The van der Waals surface area contributed by atoms with E-state index >= 15 is 0 Å². The van der Waals surface area contributed by atoms with E-state index < -0.39 is 0 Å². The third-order valence-corrected chi connectivity index (χ3v) is 4.29. The number of aromatic nitrogens is 1. The minimum Gasteiger partial charge on any atom is -0.367 e. The van der Waals surface area contributed by atoms with Gasteiger partial charge in [0, 0.05) is 17.2 Å². The van der Waals surface area contributed by atoms with Crippen LogP contribution >= 0.6 is 9.24 Å². The van der Waals surface area contributed by atoms with Crippen molar-refractivity contribution in [1.29, 1.82) is 0 Å². The second kappa shape index (κ2) is 5.98. The molecule has 0 aliphatic carbocycles. The standard InChI is InChI=1S/C20H17N2P/c23-13-21-19-12-11-15-7-4-10-18(20(15)22-19)17-9-3-6-14-5-1-2-8-16(14)17/h1-12H,13,23H2,(H,21,22). The summed E-state index contributed by atoms with van der Waals surface area (Å²) in [7, 11) is 2.67. The van der Waals surface area contributed by atoms with E-state index in [4.69, 9.17) is 4.98 Å². The summed E-state index contributed by atoms with van der Waals surface area (Å²) in [6.07, 6.45) is 0.787. The van der Waals surface area contributed by atoms with Crippen LogP contribution in [-0.4, -0.2) is 11.3 Å². The van der Waals surface area contributed by atoms with E-state index in [1.807, 2.05) is 6.07 Å². The van der Waals surface area contributed by atoms with Crippen LogP contribution in [0.1, 0.15) is 0 Å². The van der Waals surface area contributed by atoms with Crippen molar-refractivity contribution < 1.29 is 0 Å². The first-order chi connectivity index (χ1) is 11.4. The first-order valence-electron chi connectivity index (χ1n) is 7.69. The molecule has 1 aromatic heterocycles. The van der Waals surface area contributed by atoms with Gasteiger partial charge < -0.3 is 5.32 Å². The third-order valence-electron chi connectivity index (χ3n) is 4.08. The molecule has 1 heterocycles. The van der Waals surface area contributed by atoms with Gasteiger partial charge in [0.25, 0.3) is 0 Å². The Labute approximate surface area is 137 Å². The number of fused-ring (bicyclic) bond motifs is 2. The smallest absolute Gasteiger partial charge is 0.126 e. The van der Waals surface area contributed by atoms with Gasteiger partial charge in [0.15, 0.2) is 0 Å². The number of para-hydroxylation sites is 1. The zero-order valence-corrected chi connectivity index (χ0v) is 13.8. The highest BCUT2D eigenvalue weighted by molar-refractivity contribution is 7.16. The maximum Gasteiger partial charge on any atom is 0.126 e. The lowest BCUT2D eigenvalue weighted by atomic mass is 9.96. The molecular formula is C20H17N2P. The Morgan fingerprint density at radius 2 is 1.48 bits per heavy atom.